The molecule has 1 aromatic carbocycles. The molecule has 0 spiro atoms. The highest BCUT2D eigenvalue weighted by Gasteiger charge is 2.37. The molecule has 1 fully saturated rings. The summed E-state index contributed by atoms with van der Waals surface area (Å²) in [7, 11) is 0. The third-order valence-corrected chi connectivity index (χ3v) is 4.65. The van der Waals surface area contributed by atoms with Crippen LogP contribution in [0.3, 0.4) is 0 Å². The van der Waals surface area contributed by atoms with Gasteiger partial charge in [-0.2, -0.15) is 11.8 Å². The number of ether oxygens (including phenoxy) is 3. The monoisotopic (exact) mass is 324 g/mol. The minimum Gasteiger partial charge on any atom is -0.463 e. The van der Waals surface area contributed by atoms with Gasteiger partial charge in [-0.3, -0.25) is 9.59 Å². The summed E-state index contributed by atoms with van der Waals surface area (Å²) in [6.07, 6.45) is -0.225. The Morgan fingerprint density at radius 2 is 1.95 bits per heavy atom. The molecule has 5 nitrogen and oxygen atoms in total. The van der Waals surface area contributed by atoms with Crippen molar-refractivity contribution in [1.82, 2.24) is 0 Å². The Morgan fingerprint density at radius 1 is 1.23 bits per heavy atom. The van der Waals surface area contributed by atoms with E-state index in [1.807, 2.05) is 18.2 Å². The van der Waals surface area contributed by atoms with Gasteiger partial charge in [0.1, 0.15) is 12.7 Å². The van der Waals surface area contributed by atoms with Gasteiger partial charge in [0.15, 0.2) is 0 Å². The lowest BCUT2D eigenvalue weighted by Crippen LogP contribution is -2.26. The third kappa shape index (κ3) is 5.35. The zero-order valence-electron chi connectivity index (χ0n) is 12.7. The quantitative estimate of drug-likeness (QED) is 0.749. The second kappa shape index (κ2) is 8.19. The molecule has 1 unspecified atom stereocenters. The van der Waals surface area contributed by atoms with Gasteiger partial charge in [-0.1, -0.05) is 30.3 Å². The summed E-state index contributed by atoms with van der Waals surface area (Å²) in [6, 6.07) is 10.1. The smallest absolute Gasteiger partial charge is 0.304 e. The molecule has 6 heteroatoms. The highest BCUT2D eigenvalue weighted by Crippen LogP contribution is 2.33. The molecule has 1 heterocycles. The van der Waals surface area contributed by atoms with E-state index in [1.54, 1.807) is 11.8 Å². The van der Waals surface area contributed by atoms with Gasteiger partial charge in [0.25, 0.3) is 0 Å². The Bertz CT molecular complexity index is 505. The first kappa shape index (κ1) is 16.8. The third-order valence-electron chi connectivity index (χ3n) is 3.22. The lowest BCUT2D eigenvalue weighted by Gasteiger charge is -2.17. The van der Waals surface area contributed by atoms with Crippen molar-refractivity contribution in [2.45, 2.75) is 43.7 Å². The van der Waals surface area contributed by atoms with Gasteiger partial charge in [0, 0.05) is 31.3 Å². The van der Waals surface area contributed by atoms with E-state index in [0.29, 0.717) is 6.42 Å². The van der Waals surface area contributed by atoms with Crippen LogP contribution in [0.15, 0.2) is 30.3 Å². The van der Waals surface area contributed by atoms with Crippen molar-refractivity contribution in [3.8, 4) is 0 Å². The molecule has 1 aliphatic rings. The van der Waals surface area contributed by atoms with Crippen molar-refractivity contribution in [3.63, 3.8) is 0 Å². The van der Waals surface area contributed by atoms with Crippen molar-refractivity contribution < 1.29 is 23.8 Å². The van der Waals surface area contributed by atoms with Gasteiger partial charge >= 0.3 is 11.9 Å². The predicted molar refractivity (Wildman–Crippen MR) is 83.2 cm³/mol. The number of hydrogen-bond acceptors (Lipinski definition) is 6. The second-order valence-electron chi connectivity index (χ2n) is 5.09. The van der Waals surface area contributed by atoms with Crippen molar-refractivity contribution in [3.05, 3.63) is 35.9 Å². The topological polar surface area (TPSA) is 61.8 Å². The SMILES string of the molecule is CC(=O)OC[C@H]1OC(OC(C)=O)C[C@@H]1SCc1ccccc1. The molecule has 0 bridgehead atoms. The number of carbonyl (C=O) groups excluding carboxylic acids is 2. The number of esters is 2. The highest BCUT2D eigenvalue weighted by molar-refractivity contribution is 7.99. The summed E-state index contributed by atoms with van der Waals surface area (Å²) in [5.74, 6) is 0.120. The second-order valence-corrected chi connectivity index (χ2v) is 6.31. The molecule has 0 saturated carbocycles. The first-order valence-electron chi connectivity index (χ1n) is 7.16. The van der Waals surface area contributed by atoms with Crippen LogP contribution in [-0.4, -0.2) is 36.2 Å². The summed E-state index contributed by atoms with van der Waals surface area (Å²) < 4.78 is 15.8. The molecule has 3 atom stereocenters. The van der Waals surface area contributed by atoms with Crippen LogP contribution in [0.25, 0.3) is 0 Å². The number of benzene rings is 1. The molecular formula is C16H20O5S. The minimum atomic E-state index is -0.564. The van der Waals surface area contributed by atoms with Gasteiger partial charge in [0.05, 0.1) is 0 Å². The van der Waals surface area contributed by atoms with E-state index >= 15 is 0 Å². The van der Waals surface area contributed by atoms with Crippen molar-refractivity contribution in [1.29, 1.82) is 0 Å². The Labute approximate surface area is 134 Å². The minimum absolute atomic E-state index is 0.115. The van der Waals surface area contributed by atoms with E-state index in [2.05, 4.69) is 12.1 Å². The molecule has 1 aromatic rings. The van der Waals surface area contributed by atoms with Crippen LogP contribution in [0.1, 0.15) is 25.8 Å². The number of hydrogen-bond donors (Lipinski definition) is 0. The average Bonchev–Trinajstić information content (AvgIpc) is 2.85. The molecule has 0 aromatic heterocycles. The van der Waals surface area contributed by atoms with Crippen LogP contribution in [0.4, 0.5) is 0 Å². The average molecular weight is 324 g/mol. The lowest BCUT2D eigenvalue weighted by molar-refractivity contribution is -0.177. The fourth-order valence-corrected chi connectivity index (χ4v) is 3.49. The Kier molecular flexibility index (Phi) is 6.27. The van der Waals surface area contributed by atoms with Gasteiger partial charge in [-0.05, 0) is 5.56 Å². The Hall–Kier alpha value is -1.53. The maximum absolute atomic E-state index is 11.1. The van der Waals surface area contributed by atoms with E-state index in [-0.39, 0.29) is 29.9 Å². The zero-order valence-corrected chi connectivity index (χ0v) is 13.5. The van der Waals surface area contributed by atoms with Crippen LogP contribution in [0.5, 0.6) is 0 Å². The van der Waals surface area contributed by atoms with Crippen LogP contribution in [0, 0.1) is 0 Å². The maximum atomic E-state index is 11.1. The summed E-state index contributed by atoms with van der Waals surface area (Å²) in [6.45, 7) is 2.90. The first-order valence-corrected chi connectivity index (χ1v) is 8.21. The molecular weight excluding hydrogens is 304 g/mol. The molecule has 0 aliphatic carbocycles. The maximum Gasteiger partial charge on any atom is 0.304 e. The summed E-state index contributed by atoms with van der Waals surface area (Å²) >= 11 is 1.72. The van der Waals surface area contributed by atoms with Crippen molar-refractivity contribution in [2.24, 2.45) is 0 Å². The molecule has 120 valence electrons. The van der Waals surface area contributed by atoms with Gasteiger partial charge in [-0.15, -0.1) is 0 Å². The molecule has 0 radical (unpaired) electrons. The molecule has 2 rings (SSSR count). The molecule has 0 N–H and O–H groups in total. The van der Waals surface area contributed by atoms with Gasteiger partial charge in [-0.25, -0.2) is 0 Å². The van der Waals surface area contributed by atoms with Crippen LogP contribution in [-0.2, 0) is 29.6 Å². The van der Waals surface area contributed by atoms with Crippen molar-refractivity contribution in [2.75, 3.05) is 6.61 Å². The Morgan fingerprint density at radius 3 is 2.59 bits per heavy atom. The molecule has 22 heavy (non-hydrogen) atoms. The van der Waals surface area contributed by atoms with Gasteiger partial charge < -0.3 is 14.2 Å². The van der Waals surface area contributed by atoms with Crippen molar-refractivity contribution >= 4 is 23.7 Å². The summed E-state index contributed by atoms with van der Waals surface area (Å²) in [4.78, 5) is 22.0. The van der Waals surface area contributed by atoms with E-state index in [1.165, 1.54) is 19.4 Å². The van der Waals surface area contributed by atoms with Crippen LogP contribution < -0.4 is 0 Å². The standard InChI is InChI=1S/C16H20O5S/c1-11(17)19-9-14-15(8-16(21-14)20-12(2)18)22-10-13-6-4-3-5-7-13/h3-7,14-16H,8-10H2,1-2H3/t14-,15+,16?/m1/s1. The fraction of sp³-hybridized carbons (Fsp3) is 0.500. The van der Waals surface area contributed by atoms with E-state index in [0.717, 1.165) is 5.75 Å². The van der Waals surface area contributed by atoms with E-state index < -0.39 is 6.29 Å². The lowest BCUT2D eigenvalue weighted by atomic mass is 10.2. The summed E-state index contributed by atoms with van der Waals surface area (Å²) in [5, 5.41) is 0.115. The zero-order chi connectivity index (χ0) is 15.9. The number of carbonyl (C=O) groups is 2. The van der Waals surface area contributed by atoms with Crippen LogP contribution in [0.2, 0.25) is 0 Å². The summed E-state index contributed by atoms with van der Waals surface area (Å²) in [5.41, 5.74) is 1.22. The fourth-order valence-electron chi connectivity index (χ4n) is 2.24. The normalized spacial score (nSPS) is 24.0. The van der Waals surface area contributed by atoms with Gasteiger partial charge in [0.2, 0.25) is 6.29 Å². The first-order chi connectivity index (χ1) is 10.5. The number of rotatable bonds is 6. The highest BCUT2D eigenvalue weighted by atomic mass is 32.2. The van der Waals surface area contributed by atoms with E-state index in [4.69, 9.17) is 14.2 Å². The molecule has 0 amide bonds. The Balaban J connectivity index is 1.91. The van der Waals surface area contributed by atoms with E-state index in [9.17, 15) is 9.59 Å². The predicted octanol–water partition coefficient (Wildman–Crippen LogP) is 2.53. The molecule has 1 aliphatic heterocycles. The van der Waals surface area contributed by atoms with Crippen LogP contribution >= 0.6 is 11.8 Å². The largest absolute Gasteiger partial charge is 0.463 e. The molecule has 1 saturated heterocycles. The number of thioether (sulfide) groups is 1.